The molecule has 2 heterocycles. The van der Waals surface area contributed by atoms with E-state index in [1.165, 1.54) is 0 Å². The summed E-state index contributed by atoms with van der Waals surface area (Å²) in [6.45, 7) is 4.37. The van der Waals surface area contributed by atoms with Gasteiger partial charge in [-0.2, -0.15) is 0 Å². The van der Waals surface area contributed by atoms with Crippen molar-refractivity contribution in [1.82, 2.24) is 9.55 Å². The Morgan fingerprint density at radius 1 is 1.29 bits per heavy atom. The number of halogens is 1. The molecule has 3 aromatic rings. The molecule has 0 amide bonds. The number of fused-ring (bicyclic) bond motifs is 1. The molecule has 0 bridgehead atoms. The van der Waals surface area contributed by atoms with Crippen molar-refractivity contribution in [2.24, 2.45) is 0 Å². The van der Waals surface area contributed by atoms with Crippen molar-refractivity contribution in [2.45, 2.75) is 30.2 Å². The van der Waals surface area contributed by atoms with Gasteiger partial charge in [-0.25, -0.2) is 0 Å². The minimum atomic E-state index is -0.246. The van der Waals surface area contributed by atoms with Crippen LogP contribution in [0.4, 0.5) is 0 Å². The Morgan fingerprint density at radius 2 is 2.04 bits per heavy atom. The van der Waals surface area contributed by atoms with Crippen LogP contribution in [0.1, 0.15) is 12.6 Å². The van der Waals surface area contributed by atoms with Crippen LogP contribution in [-0.2, 0) is 16.1 Å². The molecule has 0 aliphatic carbocycles. The number of hydrogen-bond donors (Lipinski definition) is 0. The molecule has 0 radical (unpaired) electrons. The fourth-order valence-electron chi connectivity index (χ4n) is 2.55. The van der Waals surface area contributed by atoms with Crippen LogP contribution in [0.2, 0.25) is 5.02 Å². The van der Waals surface area contributed by atoms with E-state index in [-0.39, 0.29) is 12.5 Å². The molecular formula is C18H17ClN2O2S. The first kappa shape index (κ1) is 16.9. The lowest BCUT2D eigenvalue weighted by Crippen LogP contribution is -2.14. The first-order valence-corrected chi connectivity index (χ1v) is 8.82. The number of rotatable bonds is 5. The lowest BCUT2D eigenvalue weighted by atomic mass is 10.4. The van der Waals surface area contributed by atoms with Gasteiger partial charge in [0.25, 0.3) is 0 Å². The highest BCUT2D eigenvalue weighted by Crippen LogP contribution is 2.37. The van der Waals surface area contributed by atoms with Crippen LogP contribution in [0.25, 0.3) is 11.0 Å². The van der Waals surface area contributed by atoms with Crippen LogP contribution >= 0.6 is 23.4 Å². The van der Waals surface area contributed by atoms with Crippen molar-refractivity contribution in [3.63, 3.8) is 0 Å². The van der Waals surface area contributed by atoms with Gasteiger partial charge in [0.1, 0.15) is 12.1 Å². The highest BCUT2D eigenvalue weighted by atomic mass is 35.5. The number of carbonyl (C=O) groups excluding carboxylic acids is 1. The van der Waals surface area contributed by atoms with Gasteiger partial charge < -0.3 is 9.30 Å². The third-order valence-corrected chi connectivity index (χ3v) is 5.10. The van der Waals surface area contributed by atoms with Gasteiger partial charge in [-0.1, -0.05) is 23.4 Å². The van der Waals surface area contributed by atoms with Gasteiger partial charge in [0.05, 0.1) is 17.0 Å². The van der Waals surface area contributed by atoms with E-state index in [0.29, 0.717) is 11.6 Å². The second kappa shape index (κ2) is 7.28. The number of carbonyl (C=O) groups is 1. The maximum Gasteiger partial charge on any atom is 0.325 e. The second-order valence-electron chi connectivity index (χ2n) is 5.23. The molecule has 124 valence electrons. The van der Waals surface area contributed by atoms with E-state index in [2.05, 4.69) is 4.98 Å². The SMILES string of the molecule is CCOC(=O)Cn1c(C)c(Sc2ccc(Cl)cc2)c2ncccc21. The van der Waals surface area contributed by atoms with Gasteiger partial charge in [-0.3, -0.25) is 9.78 Å². The quantitative estimate of drug-likeness (QED) is 0.618. The normalized spacial score (nSPS) is 11.0. The summed E-state index contributed by atoms with van der Waals surface area (Å²) in [7, 11) is 0. The third kappa shape index (κ3) is 3.42. The Hall–Kier alpha value is -1.98. The van der Waals surface area contributed by atoms with Crippen molar-refractivity contribution in [3.05, 3.63) is 53.3 Å². The molecule has 0 spiro atoms. The van der Waals surface area contributed by atoms with E-state index in [9.17, 15) is 4.79 Å². The third-order valence-electron chi connectivity index (χ3n) is 3.65. The molecule has 24 heavy (non-hydrogen) atoms. The minimum Gasteiger partial charge on any atom is -0.465 e. The predicted octanol–water partition coefficient (Wildman–Crippen LogP) is 4.71. The summed E-state index contributed by atoms with van der Waals surface area (Å²) in [5.41, 5.74) is 2.82. The van der Waals surface area contributed by atoms with Gasteiger partial charge >= 0.3 is 5.97 Å². The number of nitrogens with zero attached hydrogens (tertiary/aromatic N) is 2. The topological polar surface area (TPSA) is 44.1 Å². The van der Waals surface area contributed by atoms with Gasteiger partial charge in [0.15, 0.2) is 0 Å². The zero-order chi connectivity index (χ0) is 17.1. The molecule has 4 nitrogen and oxygen atoms in total. The molecular weight excluding hydrogens is 344 g/mol. The molecule has 2 aromatic heterocycles. The van der Waals surface area contributed by atoms with Gasteiger partial charge in [-0.05, 0) is 50.2 Å². The smallest absolute Gasteiger partial charge is 0.325 e. The van der Waals surface area contributed by atoms with Gasteiger partial charge in [0.2, 0.25) is 0 Å². The number of esters is 1. The Labute approximate surface area is 149 Å². The lowest BCUT2D eigenvalue weighted by Gasteiger charge is -2.08. The molecule has 0 unspecified atom stereocenters. The van der Waals surface area contributed by atoms with E-state index < -0.39 is 0 Å². The molecule has 6 heteroatoms. The largest absolute Gasteiger partial charge is 0.465 e. The van der Waals surface area contributed by atoms with Crippen LogP contribution in [0, 0.1) is 6.92 Å². The summed E-state index contributed by atoms with van der Waals surface area (Å²) in [6, 6.07) is 11.5. The average Bonchev–Trinajstić information content (AvgIpc) is 2.83. The van der Waals surface area contributed by atoms with Crippen molar-refractivity contribution < 1.29 is 9.53 Å². The second-order valence-corrected chi connectivity index (χ2v) is 6.75. The van der Waals surface area contributed by atoms with Crippen molar-refractivity contribution in [1.29, 1.82) is 0 Å². The monoisotopic (exact) mass is 360 g/mol. The van der Waals surface area contributed by atoms with E-state index in [4.69, 9.17) is 16.3 Å². The minimum absolute atomic E-state index is 0.184. The van der Waals surface area contributed by atoms with Crippen LogP contribution in [0.3, 0.4) is 0 Å². The summed E-state index contributed by atoms with van der Waals surface area (Å²) in [5.74, 6) is -0.246. The van der Waals surface area contributed by atoms with Gasteiger partial charge in [-0.15, -0.1) is 0 Å². The molecule has 0 fully saturated rings. The molecule has 1 aromatic carbocycles. The first-order valence-electron chi connectivity index (χ1n) is 7.63. The van der Waals surface area contributed by atoms with Crippen LogP contribution in [-0.4, -0.2) is 22.1 Å². The summed E-state index contributed by atoms with van der Waals surface area (Å²) in [5, 5.41) is 0.707. The number of benzene rings is 1. The zero-order valence-corrected chi connectivity index (χ0v) is 15.0. The molecule has 0 aliphatic heterocycles. The maximum absolute atomic E-state index is 11.9. The lowest BCUT2D eigenvalue weighted by molar-refractivity contribution is -0.143. The standard InChI is InChI=1S/C18H17ClN2O2S/c1-3-23-16(22)11-21-12(2)18(17-15(21)5-4-10-20-17)24-14-8-6-13(19)7-9-14/h4-10H,3,11H2,1-2H3. The Balaban J connectivity index is 2.02. The number of pyridine rings is 1. The highest BCUT2D eigenvalue weighted by molar-refractivity contribution is 7.99. The molecule has 0 N–H and O–H groups in total. The Kier molecular flexibility index (Phi) is 5.11. The maximum atomic E-state index is 11.9. The molecule has 3 rings (SSSR count). The summed E-state index contributed by atoms with van der Waals surface area (Å²) in [4.78, 5) is 18.5. The van der Waals surface area contributed by atoms with E-state index in [0.717, 1.165) is 26.5 Å². The van der Waals surface area contributed by atoms with Crippen LogP contribution in [0.15, 0.2) is 52.4 Å². The fourth-order valence-corrected chi connectivity index (χ4v) is 3.69. The molecule has 0 saturated carbocycles. The molecule has 0 atom stereocenters. The average molecular weight is 361 g/mol. The van der Waals surface area contributed by atoms with Crippen molar-refractivity contribution in [3.8, 4) is 0 Å². The molecule has 0 saturated heterocycles. The summed E-state index contributed by atoms with van der Waals surface area (Å²) < 4.78 is 7.05. The van der Waals surface area contributed by atoms with Crippen molar-refractivity contribution >= 4 is 40.4 Å². The Bertz CT molecular complexity index is 875. The summed E-state index contributed by atoms with van der Waals surface area (Å²) in [6.07, 6.45) is 1.77. The van der Waals surface area contributed by atoms with Gasteiger partial charge in [0, 0.05) is 21.8 Å². The number of ether oxygens (including phenoxy) is 1. The predicted molar refractivity (Wildman–Crippen MR) is 96.7 cm³/mol. The number of aromatic nitrogens is 2. The summed E-state index contributed by atoms with van der Waals surface area (Å²) >= 11 is 7.57. The highest BCUT2D eigenvalue weighted by Gasteiger charge is 2.18. The van der Waals surface area contributed by atoms with E-state index in [1.54, 1.807) is 18.0 Å². The molecule has 0 aliphatic rings. The Morgan fingerprint density at radius 3 is 2.75 bits per heavy atom. The van der Waals surface area contributed by atoms with E-state index in [1.807, 2.05) is 54.8 Å². The van der Waals surface area contributed by atoms with Crippen molar-refractivity contribution in [2.75, 3.05) is 6.61 Å². The first-order chi connectivity index (χ1) is 11.6. The van der Waals surface area contributed by atoms with Crippen LogP contribution in [0.5, 0.6) is 0 Å². The van der Waals surface area contributed by atoms with E-state index >= 15 is 0 Å². The number of hydrogen-bond acceptors (Lipinski definition) is 4. The zero-order valence-electron chi connectivity index (χ0n) is 13.5. The van der Waals surface area contributed by atoms with Crippen LogP contribution < -0.4 is 0 Å². The fraction of sp³-hybridized carbons (Fsp3) is 0.222.